The third kappa shape index (κ3) is 14.0. The van der Waals surface area contributed by atoms with Crippen molar-refractivity contribution in [3.8, 4) is 0 Å². The molecule has 0 heterocycles. The van der Waals surface area contributed by atoms with Gasteiger partial charge in [-0.1, -0.05) is 13.3 Å². The summed E-state index contributed by atoms with van der Waals surface area (Å²) in [5, 5.41) is 6.45. The van der Waals surface area contributed by atoms with E-state index in [-0.39, 0.29) is 29.5 Å². The minimum Gasteiger partial charge on any atom is -0.370 e. The van der Waals surface area contributed by atoms with Gasteiger partial charge in [-0.15, -0.1) is 24.0 Å². The van der Waals surface area contributed by atoms with E-state index in [1.807, 2.05) is 0 Å². The predicted molar refractivity (Wildman–Crippen MR) is 82.6 cm³/mol. The van der Waals surface area contributed by atoms with E-state index < -0.39 is 0 Å². The molecule has 16 heavy (non-hydrogen) atoms. The molecule has 98 valence electrons. The summed E-state index contributed by atoms with van der Waals surface area (Å²) in [5.41, 5.74) is 5.84. The number of halogens is 1. The van der Waals surface area contributed by atoms with Crippen LogP contribution in [-0.4, -0.2) is 31.1 Å². The number of aliphatic imine (C=N–C) groups is 1. The van der Waals surface area contributed by atoms with E-state index in [9.17, 15) is 0 Å². The summed E-state index contributed by atoms with van der Waals surface area (Å²) in [6.45, 7) is 11.1. The van der Waals surface area contributed by atoms with Crippen molar-refractivity contribution in [3.05, 3.63) is 0 Å². The van der Waals surface area contributed by atoms with Gasteiger partial charge in [0.05, 0.1) is 0 Å². The van der Waals surface area contributed by atoms with E-state index in [2.05, 4.69) is 43.3 Å². The summed E-state index contributed by atoms with van der Waals surface area (Å²) in [6, 6.07) is 0. The summed E-state index contributed by atoms with van der Waals surface area (Å²) in [5.74, 6) is 0.555. The minimum absolute atomic E-state index is 0. The topological polar surface area (TPSA) is 62.4 Å². The number of hydrogen-bond donors (Lipinski definition) is 3. The molecule has 0 spiro atoms. The smallest absolute Gasteiger partial charge is 0.188 e. The molecule has 0 unspecified atom stereocenters. The second kappa shape index (κ2) is 10.1. The Morgan fingerprint density at radius 2 is 1.88 bits per heavy atom. The van der Waals surface area contributed by atoms with Crippen LogP contribution in [0.2, 0.25) is 0 Å². The van der Waals surface area contributed by atoms with Crippen LogP contribution in [0.5, 0.6) is 0 Å². The van der Waals surface area contributed by atoms with Gasteiger partial charge in [-0.05, 0) is 27.2 Å². The highest BCUT2D eigenvalue weighted by molar-refractivity contribution is 14.0. The van der Waals surface area contributed by atoms with Crippen molar-refractivity contribution in [2.45, 2.75) is 46.1 Å². The summed E-state index contributed by atoms with van der Waals surface area (Å²) in [6.07, 6.45) is 2.25. The molecule has 4 nitrogen and oxygen atoms in total. The standard InChI is InChI=1S/C11H26N4.HI/c1-5-6-7-13-10(12)14-8-9-15-11(2,3)4;/h15H,5-9H2,1-4H3,(H3,12,13,14);1H. The second-order valence-electron chi connectivity index (χ2n) is 4.72. The van der Waals surface area contributed by atoms with Crippen LogP contribution < -0.4 is 16.4 Å². The molecule has 0 atom stereocenters. The third-order valence-electron chi connectivity index (χ3n) is 1.88. The number of nitrogens with one attached hydrogen (secondary N) is 2. The lowest BCUT2D eigenvalue weighted by atomic mass is 10.1. The first-order chi connectivity index (χ1) is 6.95. The number of nitrogens with two attached hydrogens (primary N) is 1. The summed E-state index contributed by atoms with van der Waals surface area (Å²) >= 11 is 0. The first kappa shape index (κ1) is 18.3. The van der Waals surface area contributed by atoms with Gasteiger partial charge in [-0.3, -0.25) is 4.99 Å². The zero-order valence-corrected chi connectivity index (χ0v) is 13.3. The van der Waals surface area contributed by atoms with Crippen LogP contribution in [0.4, 0.5) is 0 Å². The van der Waals surface area contributed by atoms with Gasteiger partial charge in [0, 0.05) is 25.2 Å². The Kier molecular flexibility index (Phi) is 11.6. The highest BCUT2D eigenvalue weighted by Crippen LogP contribution is 1.96. The van der Waals surface area contributed by atoms with Crippen LogP contribution in [0, 0.1) is 0 Å². The quantitative estimate of drug-likeness (QED) is 0.298. The van der Waals surface area contributed by atoms with Crippen LogP contribution >= 0.6 is 24.0 Å². The van der Waals surface area contributed by atoms with Crippen molar-refractivity contribution in [2.24, 2.45) is 10.7 Å². The Balaban J connectivity index is 0. The molecule has 0 radical (unpaired) electrons. The maximum absolute atomic E-state index is 5.68. The van der Waals surface area contributed by atoms with Crippen molar-refractivity contribution in [1.29, 1.82) is 0 Å². The number of unbranched alkanes of at least 4 members (excludes halogenated alkanes) is 1. The fraction of sp³-hybridized carbons (Fsp3) is 0.909. The largest absolute Gasteiger partial charge is 0.370 e. The average molecular weight is 342 g/mol. The highest BCUT2D eigenvalue weighted by Gasteiger charge is 2.06. The van der Waals surface area contributed by atoms with Gasteiger partial charge < -0.3 is 16.4 Å². The van der Waals surface area contributed by atoms with Crippen LogP contribution in [0.3, 0.4) is 0 Å². The first-order valence-corrected chi connectivity index (χ1v) is 5.74. The molecular weight excluding hydrogens is 315 g/mol. The molecule has 0 aliphatic rings. The molecule has 0 rings (SSSR count). The molecule has 0 aromatic carbocycles. The van der Waals surface area contributed by atoms with E-state index in [0.717, 1.165) is 32.5 Å². The van der Waals surface area contributed by atoms with Crippen molar-refractivity contribution >= 4 is 29.9 Å². The van der Waals surface area contributed by atoms with Crippen molar-refractivity contribution in [1.82, 2.24) is 10.6 Å². The Morgan fingerprint density at radius 1 is 1.25 bits per heavy atom. The molecule has 0 saturated carbocycles. The zero-order chi connectivity index (χ0) is 11.7. The minimum atomic E-state index is 0. The molecule has 5 heteroatoms. The number of guanidine groups is 1. The molecule has 0 bridgehead atoms. The first-order valence-electron chi connectivity index (χ1n) is 5.74. The van der Waals surface area contributed by atoms with Gasteiger partial charge in [-0.25, -0.2) is 0 Å². The number of hydrogen-bond acceptors (Lipinski definition) is 2. The Bertz CT molecular complexity index is 187. The second-order valence-corrected chi connectivity index (χ2v) is 4.72. The summed E-state index contributed by atoms with van der Waals surface area (Å²) < 4.78 is 0. The van der Waals surface area contributed by atoms with E-state index in [4.69, 9.17) is 5.73 Å². The normalized spacial score (nSPS) is 12.1. The van der Waals surface area contributed by atoms with Gasteiger partial charge in [0.2, 0.25) is 0 Å². The maximum atomic E-state index is 5.68. The molecule has 0 aromatic rings. The van der Waals surface area contributed by atoms with Gasteiger partial charge in [0.15, 0.2) is 5.96 Å². The van der Waals surface area contributed by atoms with Crippen molar-refractivity contribution in [2.75, 3.05) is 19.6 Å². The number of rotatable bonds is 6. The van der Waals surface area contributed by atoms with Crippen LogP contribution in [0.15, 0.2) is 4.99 Å². The van der Waals surface area contributed by atoms with Crippen molar-refractivity contribution < 1.29 is 0 Å². The highest BCUT2D eigenvalue weighted by atomic mass is 127. The third-order valence-corrected chi connectivity index (χ3v) is 1.88. The van der Waals surface area contributed by atoms with Gasteiger partial charge in [0.1, 0.15) is 0 Å². The SMILES string of the molecule is CCCCN=C(N)NCCNC(C)(C)C.I. The molecule has 0 aromatic heterocycles. The molecule has 0 aliphatic carbocycles. The van der Waals surface area contributed by atoms with Crippen molar-refractivity contribution in [3.63, 3.8) is 0 Å². The lowest BCUT2D eigenvalue weighted by Crippen LogP contribution is -2.43. The predicted octanol–water partition coefficient (Wildman–Crippen LogP) is 1.70. The Hall–Kier alpha value is -0.0400. The lowest BCUT2D eigenvalue weighted by molar-refractivity contribution is 0.428. The van der Waals surface area contributed by atoms with E-state index >= 15 is 0 Å². The summed E-state index contributed by atoms with van der Waals surface area (Å²) in [4.78, 5) is 4.20. The number of nitrogens with zero attached hydrogens (tertiary/aromatic N) is 1. The lowest BCUT2D eigenvalue weighted by Gasteiger charge is -2.20. The molecule has 4 N–H and O–H groups in total. The summed E-state index contributed by atoms with van der Waals surface area (Å²) in [7, 11) is 0. The molecule has 0 amide bonds. The van der Waals surface area contributed by atoms with Crippen LogP contribution in [0.1, 0.15) is 40.5 Å². The monoisotopic (exact) mass is 342 g/mol. The molecule has 0 saturated heterocycles. The maximum Gasteiger partial charge on any atom is 0.188 e. The van der Waals surface area contributed by atoms with E-state index in [1.165, 1.54) is 0 Å². The average Bonchev–Trinajstić information content (AvgIpc) is 2.11. The molecule has 0 fully saturated rings. The van der Waals surface area contributed by atoms with E-state index in [0.29, 0.717) is 5.96 Å². The Morgan fingerprint density at radius 3 is 2.38 bits per heavy atom. The Labute approximate surface area is 117 Å². The molecule has 0 aliphatic heterocycles. The van der Waals surface area contributed by atoms with Gasteiger partial charge in [-0.2, -0.15) is 0 Å². The fourth-order valence-corrected chi connectivity index (χ4v) is 1.04. The zero-order valence-electron chi connectivity index (χ0n) is 11.0. The fourth-order valence-electron chi connectivity index (χ4n) is 1.04. The van der Waals surface area contributed by atoms with Crippen LogP contribution in [0.25, 0.3) is 0 Å². The molecular formula is C11H27IN4. The van der Waals surface area contributed by atoms with E-state index in [1.54, 1.807) is 0 Å². The van der Waals surface area contributed by atoms with Gasteiger partial charge >= 0.3 is 0 Å². The van der Waals surface area contributed by atoms with Crippen LogP contribution in [-0.2, 0) is 0 Å². The van der Waals surface area contributed by atoms with Gasteiger partial charge in [0.25, 0.3) is 0 Å².